The van der Waals surface area contributed by atoms with Crippen LogP contribution in [0.2, 0.25) is 0 Å². The van der Waals surface area contributed by atoms with E-state index >= 15 is 0 Å². The van der Waals surface area contributed by atoms with E-state index in [2.05, 4.69) is 28.4 Å². The molecule has 208 valence electrons. The molecule has 0 aliphatic heterocycles. The minimum atomic E-state index is -3.93. The molecule has 0 radical (unpaired) electrons. The first-order valence-electron chi connectivity index (χ1n) is 12.0. The van der Waals surface area contributed by atoms with Gasteiger partial charge in [0, 0.05) is 12.8 Å². The van der Waals surface area contributed by atoms with E-state index < -0.39 is 45.7 Å². The second-order valence-electron chi connectivity index (χ2n) is 9.46. The Morgan fingerprint density at radius 3 is 2.05 bits per heavy atom. The minimum absolute atomic E-state index is 0.0428. The Kier molecular flexibility index (Phi) is 11.1. The predicted octanol–water partition coefficient (Wildman–Crippen LogP) is 2.45. The van der Waals surface area contributed by atoms with Crippen LogP contribution < -0.4 is 20.1 Å². The van der Waals surface area contributed by atoms with Crippen LogP contribution in [-0.2, 0) is 37.3 Å². The molecule has 2 atom stereocenters. The number of benzene rings is 2. The van der Waals surface area contributed by atoms with Gasteiger partial charge >= 0.3 is 16.2 Å². The summed E-state index contributed by atoms with van der Waals surface area (Å²) in [5.74, 6) is 1.22. The van der Waals surface area contributed by atoms with Gasteiger partial charge in [-0.05, 0) is 44.0 Å². The number of amides is 3. The van der Waals surface area contributed by atoms with E-state index in [0.717, 1.165) is 5.56 Å². The van der Waals surface area contributed by atoms with Crippen LogP contribution in [0.5, 0.6) is 5.75 Å². The highest BCUT2D eigenvalue weighted by Crippen LogP contribution is 2.16. The molecule has 2 aromatic carbocycles. The number of rotatable bonds is 12. The second-order valence-corrected chi connectivity index (χ2v) is 10.9. The molecule has 39 heavy (non-hydrogen) atoms. The van der Waals surface area contributed by atoms with Gasteiger partial charge in [-0.15, -0.1) is 6.42 Å². The SMILES string of the molecule is C#CCNC(=O)[C@H](Cc1ccc(OS(=O)(=O)C=C)cc1)NC(=O)[C@H](Cc1ccccc1)NC(=O)OC(C)(C)C. The molecule has 0 heterocycles. The average Bonchev–Trinajstić information content (AvgIpc) is 2.87. The van der Waals surface area contributed by atoms with Crippen molar-refractivity contribution in [1.82, 2.24) is 16.0 Å². The maximum atomic E-state index is 13.4. The van der Waals surface area contributed by atoms with E-state index in [1.807, 2.05) is 30.3 Å². The molecule has 3 N–H and O–H groups in total. The third-order valence-electron chi connectivity index (χ3n) is 5.07. The molecule has 3 amide bonds. The van der Waals surface area contributed by atoms with Crippen molar-refractivity contribution in [3.05, 3.63) is 77.7 Å². The first kappa shape index (κ1) is 30.9. The monoisotopic (exact) mass is 555 g/mol. The molecule has 11 heteroatoms. The number of nitrogens with one attached hydrogen (secondary N) is 3. The normalized spacial score (nSPS) is 12.7. The average molecular weight is 556 g/mol. The number of hydrogen-bond acceptors (Lipinski definition) is 7. The van der Waals surface area contributed by atoms with Gasteiger partial charge in [-0.25, -0.2) is 4.79 Å². The molecule has 0 fully saturated rings. The van der Waals surface area contributed by atoms with Gasteiger partial charge in [0.1, 0.15) is 23.4 Å². The zero-order valence-electron chi connectivity index (χ0n) is 22.1. The van der Waals surface area contributed by atoms with Crippen LogP contribution in [-0.4, -0.2) is 50.6 Å². The number of hydrogen-bond donors (Lipinski definition) is 3. The van der Waals surface area contributed by atoms with Crippen molar-refractivity contribution in [2.75, 3.05) is 6.54 Å². The van der Waals surface area contributed by atoms with Crippen LogP contribution in [0.4, 0.5) is 4.79 Å². The molecule has 10 nitrogen and oxygen atoms in total. The van der Waals surface area contributed by atoms with Crippen molar-refractivity contribution >= 4 is 28.0 Å². The molecule has 0 aliphatic carbocycles. The molecule has 0 saturated heterocycles. The fourth-order valence-electron chi connectivity index (χ4n) is 3.34. The van der Waals surface area contributed by atoms with Crippen LogP contribution in [0.25, 0.3) is 0 Å². The van der Waals surface area contributed by atoms with Gasteiger partial charge in [0.25, 0.3) is 0 Å². The summed E-state index contributed by atoms with van der Waals surface area (Å²) in [5, 5.41) is 8.52. The van der Waals surface area contributed by atoms with E-state index in [0.29, 0.717) is 11.0 Å². The molecule has 2 rings (SSSR count). The van der Waals surface area contributed by atoms with Crippen LogP contribution in [0.15, 0.2) is 66.6 Å². The van der Waals surface area contributed by atoms with Crippen molar-refractivity contribution in [1.29, 1.82) is 0 Å². The van der Waals surface area contributed by atoms with Crippen LogP contribution in [0.3, 0.4) is 0 Å². The Morgan fingerprint density at radius 1 is 0.949 bits per heavy atom. The lowest BCUT2D eigenvalue weighted by Gasteiger charge is -2.25. The van der Waals surface area contributed by atoms with Gasteiger partial charge in [0.2, 0.25) is 11.8 Å². The van der Waals surface area contributed by atoms with Gasteiger partial charge < -0.3 is 24.9 Å². The Bertz CT molecular complexity index is 1300. The fourth-order valence-corrected chi connectivity index (χ4v) is 3.78. The maximum Gasteiger partial charge on any atom is 0.408 e. The number of terminal acetylenes is 1. The Morgan fingerprint density at radius 2 is 1.51 bits per heavy atom. The second kappa shape index (κ2) is 14.0. The van der Waals surface area contributed by atoms with Crippen LogP contribution in [0, 0.1) is 12.3 Å². The predicted molar refractivity (Wildman–Crippen MR) is 147 cm³/mol. The zero-order valence-corrected chi connectivity index (χ0v) is 22.9. The Balaban J connectivity index is 2.25. The third-order valence-corrected chi connectivity index (χ3v) is 5.90. The maximum absolute atomic E-state index is 13.4. The van der Waals surface area contributed by atoms with Crippen molar-refractivity contribution in [3.63, 3.8) is 0 Å². The topological polar surface area (TPSA) is 140 Å². The van der Waals surface area contributed by atoms with Crippen molar-refractivity contribution in [3.8, 4) is 18.1 Å². The van der Waals surface area contributed by atoms with Crippen LogP contribution in [0.1, 0.15) is 31.9 Å². The highest BCUT2D eigenvalue weighted by atomic mass is 32.2. The molecule has 0 spiro atoms. The largest absolute Gasteiger partial charge is 0.444 e. The van der Waals surface area contributed by atoms with E-state index in [1.165, 1.54) is 12.1 Å². The standard InChI is InChI=1S/C28H33N3O7S/c1-6-17-29-25(32)23(19-21-13-15-22(16-14-21)38-39(35,36)7-2)30-26(33)24(18-20-11-9-8-10-12-20)31-27(34)37-28(3,4)5/h1,7-16,23-24H,2,17-19H2,3-5H3,(H,29,32)(H,30,33)(H,31,34)/t23-,24-/m0/s1. The van der Waals surface area contributed by atoms with Crippen molar-refractivity contribution in [2.24, 2.45) is 0 Å². The summed E-state index contributed by atoms with van der Waals surface area (Å²) in [6, 6.07) is 12.9. The van der Waals surface area contributed by atoms with Gasteiger partial charge in [-0.1, -0.05) is 55.0 Å². The number of ether oxygens (including phenoxy) is 1. The Labute approximate surface area is 229 Å². The summed E-state index contributed by atoms with van der Waals surface area (Å²) in [4.78, 5) is 38.7. The lowest BCUT2D eigenvalue weighted by atomic mass is 10.0. The molecular formula is C28H33N3O7S. The highest BCUT2D eigenvalue weighted by molar-refractivity contribution is 7.90. The summed E-state index contributed by atoms with van der Waals surface area (Å²) in [5.41, 5.74) is 0.599. The molecule has 0 bridgehead atoms. The van der Waals surface area contributed by atoms with E-state index in [-0.39, 0.29) is 25.1 Å². The first-order valence-corrected chi connectivity index (χ1v) is 13.5. The minimum Gasteiger partial charge on any atom is -0.444 e. The van der Waals surface area contributed by atoms with E-state index in [9.17, 15) is 22.8 Å². The third kappa shape index (κ3) is 11.3. The van der Waals surface area contributed by atoms with Gasteiger partial charge in [0.15, 0.2) is 0 Å². The summed E-state index contributed by atoms with van der Waals surface area (Å²) < 4.78 is 33.4. The summed E-state index contributed by atoms with van der Waals surface area (Å²) >= 11 is 0. The number of carbonyl (C=O) groups is 3. The summed E-state index contributed by atoms with van der Waals surface area (Å²) in [6.07, 6.45) is 4.67. The molecule has 0 aromatic heterocycles. The van der Waals surface area contributed by atoms with Gasteiger partial charge in [-0.2, -0.15) is 8.42 Å². The smallest absolute Gasteiger partial charge is 0.408 e. The summed E-state index contributed by atoms with van der Waals surface area (Å²) in [6.45, 7) is 8.24. The van der Waals surface area contributed by atoms with E-state index in [1.54, 1.807) is 32.9 Å². The van der Waals surface area contributed by atoms with Crippen LogP contribution >= 0.6 is 0 Å². The van der Waals surface area contributed by atoms with Crippen molar-refractivity contribution in [2.45, 2.75) is 51.3 Å². The quantitative estimate of drug-likeness (QED) is 0.270. The molecule has 0 aliphatic rings. The van der Waals surface area contributed by atoms with Gasteiger partial charge in [0.05, 0.1) is 12.0 Å². The zero-order chi connectivity index (χ0) is 29.1. The van der Waals surface area contributed by atoms with Gasteiger partial charge in [-0.3, -0.25) is 9.59 Å². The summed E-state index contributed by atoms with van der Waals surface area (Å²) in [7, 11) is -3.93. The lowest BCUT2D eigenvalue weighted by molar-refractivity contribution is -0.129. The van der Waals surface area contributed by atoms with Crippen molar-refractivity contribution < 1.29 is 31.7 Å². The number of carbonyl (C=O) groups excluding carboxylic acids is 3. The van der Waals surface area contributed by atoms with E-state index in [4.69, 9.17) is 15.3 Å². The number of alkyl carbamates (subject to hydrolysis) is 1. The highest BCUT2D eigenvalue weighted by Gasteiger charge is 2.29. The first-order chi connectivity index (χ1) is 18.3. The molecule has 2 aromatic rings. The lowest BCUT2D eigenvalue weighted by Crippen LogP contribution is -2.55. The Hall–Kier alpha value is -4.30. The molecule has 0 saturated carbocycles. The molecular weight excluding hydrogens is 522 g/mol. The fraction of sp³-hybridized carbons (Fsp3) is 0.321. The molecule has 0 unspecified atom stereocenters.